The SMILES string of the molecule is CC(C)C(NC(=O)OCc1ccccc1)C(=O)NC1COCCCCCNC(=O)C1=O. The second kappa shape index (κ2) is 12.7. The van der Waals surface area contributed by atoms with Crippen molar-refractivity contribution < 1.29 is 28.7 Å². The number of amides is 3. The quantitative estimate of drug-likeness (QED) is 0.582. The highest BCUT2D eigenvalue weighted by atomic mass is 16.5. The molecule has 0 spiro atoms. The van der Waals surface area contributed by atoms with Crippen molar-refractivity contribution in [2.75, 3.05) is 19.8 Å². The summed E-state index contributed by atoms with van der Waals surface area (Å²) >= 11 is 0. The Morgan fingerprint density at radius 1 is 1.16 bits per heavy atom. The van der Waals surface area contributed by atoms with Gasteiger partial charge in [-0.25, -0.2) is 4.79 Å². The number of ether oxygens (including phenoxy) is 2. The van der Waals surface area contributed by atoms with E-state index in [2.05, 4.69) is 16.0 Å². The van der Waals surface area contributed by atoms with E-state index in [-0.39, 0.29) is 19.1 Å². The third kappa shape index (κ3) is 8.37. The van der Waals surface area contributed by atoms with Crippen molar-refractivity contribution in [3.63, 3.8) is 0 Å². The second-order valence-corrected chi connectivity index (χ2v) is 7.74. The van der Waals surface area contributed by atoms with Crippen molar-refractivity contribution in [1.82, 2.24) is 16.0 Å². The van der Waals surface area contributed by atoms with Gasteiger partial charge in [0.2, 0.25) is 11.7 Å². The molecule has 2 atom stereocenters. The monoisotopic (exact) mass is 433 g/mol. The van der Waals surface area contributed by atoms with Gasteiger partial charge in [-0.3, -0.25) is 14.4 Å². The number of carbonyl (C=O) groups is 4. The maximum Gasteiger partial charge on any atom is 0.408 e. The third-order valence-corrected chi connectivity index (χ3v) is 4.83. The average molecular weight is 434 g/mol. The Balaban J connectivity index is 1.97. The van der Waals surface area contributed by atoms with Gasteiger partial charge < -0.3 is 25.4 Å². The molecule has 0 aromatic heterocycles. The fraction of sp³-hybridized carbons (Fsp3) is 0.545. The Morgan fingerprint density at radius 2 is 1.90 bits per heavy atom. The van der Waals surface area contributed by atoms with Crippen molar-refractivity contribution in [2.24, 2.45) is 5.92 Å². The Morgan fingerprint density at radius 3 is 2.61 bits per heavy atom. The summed E-state index contributed by atoms with van der Waals surface area (Å²) in [4.78, 5) is 49.6. The second-order valence-electron chi connectivity index (χ2n) is 7.74. The normalized spacial score (nSPS) is 19.0. The zero-order chi connectivity index (χ0) is 22.6. The first kappa shape index (κ1) is 24.3. The van der Waals surface area contributed by atoms with Crippen LogP contribution in [0.1, 0.15) is 38.7 Å². The van der Waals surface area contributed by atoms with Crippen LogP contribution in [0.25, 0.3) is 0 Å². The van der Waals surface area contributed by atoms with Crippen LogP contribution in [-0.4, -0.2) is 55.5 Å². The number of nitrogens with one attached hydrogen (secondary N) is 3. The van der Waals surface area contributed by atoms with Gasteiger partial charge in [-0.1, -0.05) is 44.2 Å². The molecule has 170 valence electrons. The summed E-state index contributed by atoms with van der Waals surface area (Å²) in [5.41, 5.74) is 0.814. The lowest BCUT2D eigenvalue weighted by Crippen LogP contribution is -2.56. The van der Waals surface area contributed by atoms with Gasteiger partial charge in [-0.15, -0.1) is 0 Å². The number of benzene rings is 1. The van der Waals surface area contributed by atoms with E-state index < -0.39 is 35.8 Å². The van der Waals surface area contributed by atoms with Crippen LogP contribution in [0.2, 0.25) is 0 Å². The minimum Gasteiger partial charge on any atom is -0.445 e. The lowest BCUT2D eigenvalue weighted by Gasteiger charge is -2.24. The largest absolute Gasteiger partial charge is 0.445 e. The smallest absolute Gasteiger partial charge is 0.408 e. The van der Waals surface area contributed by atoms with Crippen molar-refractivity contribution in [3.05, 3.63) is 35.9 Å². The molecule has 3 N–H and O–H groups in total. The van der Waals surface area contributed by atoms with E-state index in [0.29, 0.717) is 13.2 Å². The number of Topliss-reactive ketones (excluding diaryl/α,β-unsaturated/α-hetero) is 1. The number of hydrogen-bond acceptors (Lipinski definition) is 6. The van der Waals surface area contributed by atoms with E-state index in [1.165, 1.54) is 0 Å². The van der Waals surface area contributed by atoms with Crippen LogP contribution in [0.4, 0.5) is 4.79 Å². The van der Waals surface area contributed by atoms with Crippen LogP contribution in [-0.2, 0) is 30.5 Å². The van der Waals surface area contributed by atoms with Crippen LogP contribution < -0.4 is 16.0 Å². The van der Waals surface area contributed by atoms with E-state index in [4.69, 9.17) is 9.47 Å². The van der Waals surface area contributed by atoms with E-state index in [0.717, 1.165) is 24.8 Å². The van der Waals surface area contributed by atoms with Crippen LogP contribution in [0.3, 0.4) is 0 Å². The van der Waals surface area contributed by atoms with E-state index in [1.54, 1.807) is 13.8 Å². The topological polar surface area (TPSA) is 123 Å². The molecule has 1 aromatic carbocycles. The molecule has 1 aromatic rings. The summed E-state index contributed by atoms with van der Waals surface area (Å²) in [7, 11) is 0. The van der Waals surface area contributed by atoms with Gasteiger partial charge in [0, 0.05) is 13.2 Å². The molecule has 1 heterocycles. The predicted molar refractivity (Wildman–Crippen MR) is 113 cm³/mol. The van der Waals surface area contributed by atoms with E-state index in [9.17, 15) is 19.2 Å². The zero-order valence-corrected chi connectivity index (χ0v) is 18.0. The van der Waals surface area contributed by atoms with Crippen molar-refractivity contribution in [3.8, 4) is 0 Å². The molecule has 1 saturated heterocycles. The lowest BCUT2D eigenvalue weighted by atomic mass is 10.0. The maximum absolute atomic E-state index is 12.8. The molecule has 0 bridgehead atoms. The average Bonchev–Trinajstić information content (AvgIpc) is 2.79. The fourth-order valence-corrected chi connectivity index (χ4v) is 3.03. The number of carbonyl (C=O) groups excluding carboxylic acids is 4. The maximum atomic E-state index is 12.8. The summed E-state index contributed by atoms with van der Waals surface area (Å²) in [5, 5.41) is 7.65. The number of alkyl carbamates (subject to hydrolysis) is 1. The molecule has 2 unspecified atom stereocenters. The predicted octanol–water partition coefficient (Wildman–Crippen LogP) is 1.31. The van der Waals surface area contributed by atoms with Gasteiger partial charge >= 0.3 is 6.09 Å². The molecule has 9 heteroatoms. The minimum absolute atomic E-state index is 0.0637. The highest BCUT2D eigenvalue weighted by molar-refractivity contribution is 6.38. The van der Waals surface area contributed by atoms with Crippen LogP contribution in [0, 0.1) is 5.92 Å². The number of rotatable bonds is 6. The molecule has 1 aliphatic heterocycles. The lowest BCUT2D eigenvalue weighted by molar-refractivity contribution is -0.141. The third-order valence-electron chi connectivity index (χ3n) is 4.83. The molecule has 1 fully saturated rings. The molecular weight excluding hydrogens is 402 g/mol. The van der Waals surface area contributed by atoms with Gasteiger partial charge in [-0.05, 0) is 30.7 Å². The number of hydrogen-bond donors (Lipinski definition) is 3. The Kier molecular flexibility index (Phi) is 9.96. The van der Waals surface area contributed by atoms with Crippen molar-refractivity contribution in [2.45, 2.75) is 51.8 Å². The highest BCUT2D eigenvalue weighted by Crippen LogP contribution is 2.06. The fourth-order valence-electron chi connectivity index (χ4n) is 3.03. The minimum atomic E-state index is -1.13. The summed E-state index contributed by atoms with van der Waals surface area (Å²) in [6.45, 7) is 4.30. The Hall–Kier alpha value is -2.94. The zero-order valence-electron chi connectivity index (χ0n) is 18.0. The summed E-state index contributed by atoms with van der Waals surface area (Å²) in [6.07, 6.45) is 1.67. The van der Waals surface area contributed by atoms with Gasteiger partial charge in [-0.2, -0.15) is 0 Å². The molecule has 9 nitrogen and oxygen atoms in total. The summed E-state index contributed by atoms with van der Waals surface area (Å²) < 4.78 is 10.7. The van der Waals surface area contributed by atoms with Gasteiger partial charge in [0.15, 0.2) is 0 Å². The molecule has 0 aliphatic carbocycles. The molecule has 31 heavy (non-hydrogen) atoms. The van der Waals surface area contributed by atoms with Crippen LogP contribution >= 0.6 is 0 Å². The molecule has 0 radical (unpaired) electrons. The van der Waals surface area contributed by atoms with Crippen LogP contribution in [0.5, 0.6) is 0 Å². The first-order valence-corrected chi connectivity index (χ1v) is 10.6. The molecule has 2 rings (SSSR count). The molecule has 3 amide bonds. The van der Waals surface area contributed by atoms with Crippen molar-refractivity contribution in [1.29, 1.82) is 0 Å². The highest BCUT2D eigenvalue weighted by Gasteiger charge is 2.32. The van der Waals surface area contributed by atoms with E-state index >= 15 is 0 Å². The molecule has 1 aliphatic rings. The van der Waals surface area contributed by atoms with E-state index in [1.807, 2.05) is 30.3 Å². The first-order chi connectivity index (χ1) is 14.9. The Bertz CT molecular complexity index is 753. The Labute approximate surface area is 182 Å². The summed E-state index contributed by atoms with van der Waals surface area (Å²) in [6, 6.07) is 7.08. The van der Waals surface area contributed by atoms with Gasteiger partial charge in [0.05, 0.1) is 6.61 Å². The van der Waals surface area contributed by atoms with Gasteiger partial charge in [0.25, 0.3) is 5.91 Å². The van der Waals surface area contributed by atoms with Crippen LogP contribution in [0.15, 0.2) is 30.3 Å². The molecular formula is C22H31N3O6. The first-order valence-electron chi connectivity index (χ1n) is 10.6. The molecule has 0 saturated carbocycles. The number of ketones is 1. The van der Waals surface area contributed by atoms with Gasteiger partial charge in [0.1, 0.15) is 18.7 Å². The van der Waals surface area contributed by atoms with Crippen molar-refractivity contribution >= 4 is 23.7 Å². The summed E-state index contributed by atoms with van der Waals surface area (Å²) in [5.74, 6) is -2.40. The standard InChI is InChI=1S/C22H31N3O6/c1-15(2)18(25-22(29)31-13-16-9-5-3-6-10-16)20(27)24-17-14-30-12-8-4-7-11-23-21(28)19(17)26/h3,5-6,9-10,15,17-18H,4,7-8,11-14H2,1-2H3,(H,23,28)(H,24,27)(H,25,29).